The van der Waals surface area contributed by atoms with Crippen molar-refractivity contribution in [2.75, 3.05) is 32.9 Å². The van der Waals surface area contributed by atoms with E-state index in [2.05, 4.69) is 10.6 Å². The third-order valence-corrected chi connectivity index (χ3v) is 6.49. The van der Waals surface area contributed by atoms with E-state index in [0.29, 0.717) is 31.9 Å². The summed E-state index contributed by atoms with van der Waals surface area (Å²) in [5.74, 6) is -0.268. The molecule has 2 amide bonds. The van der Waals surface area contributed by atoms with Gasteiger partial charge in [0.15, 0.2) is 5.11 Å². The number of hydrogen-bond acceptors (Lipinski definition) is 7. The van der Waals surface area contributed by atoms with Gasteiger partial charge in [-0.05, 0) is 42.0 Å². The number of esters is 1. The van der Waals surface area contributed by atoms with E-state index in [1.807, 2.05) is 60.7 Å². The molecule has 0 spiro atoms. The third kappa shape index (κ3) is 8.28. The average Bonchev–Trinajstić information content (AvgIpc) is 2.97. The van der Waals surface area contributed by atoms with Gasteiger partial charge in [-0.25, -0.2) is 0 Å². The second-order valence-electron chi connectivity index (χ2n) is 8.93. The standard InChI is InChI=1S/C30H31N3O6S/c34-27(39-18-15-22-9-3-1-4-10-22)21-25-29(36)31-16-17-33(25)30(40)32-28(35)24-13-7-8-14-26(24)38-20-19-37-23-11-5-2-6-12-23/h1-14,25H,15-21H2,(H,31,36)(H,32,35,40). The number of hydrogen-bond donors (Lipinski definition) is 2. The van der Waals surface area contributed by atoms with Gasteiger partial charge in [-0.15, -0.1) is 0 Å². The van der Waals surface area contributed by atoms with Gasteiger partial charge >= 0.3 is 5.97 Å². The van der Waals surface area contributed by atoms with Crippen molar-refractivity contribution < 1.29 is 28.6 Å². The molecule has 1 heterocycles. The van der Waals surface area contributed by atoms with E-state index in [4.69, 9.17) is 26.4 Å². The van der Waals surface area contributed by atoms with Gasteiger partial charge in [0.1, 0.15) is 30.8 Å². The molecule has 1 fully saturated rings. The highest BCUT2D eigenvalue weighted by molar-refractivity contribution is 7.80. The summed E-state index contributed by atoms with van der Waals surface area (Å²) in [7, 11) is 0. The summed E-state index contributed by atoms with van der Waals surface area (Å²) < 4.78 is 16.8. The zero-order chi connectivity index (χ0) is 28.2. The Balaban J connectivity index is 1.30. The molecule has 4 rings (SSSR count). The topological polar surface area (TPSA) is 106 Å². The maximum Gasteiger partial charge on any atom is 0.308 e. The van der Waals surface area contributed by atoms with Crippen molar-refractivity contribution in [1.82, 2.24) is 15.5 Å². The summed E-state index contributed by atoms with van der Waals surface area (Å²) in [5, 5.41) is 5.48. The Bertz CT molecular complexity index is 1310. The van der Waals surface area contributed by atoms with Crippen LogP contribution in [0.4, 0.5) is 0 Å². The van der Waals surface area contributed by atoms with E-state index in [9.17, 15) is 14.4 Å². The number of nitrogens with zero attached hydrogens (tertiary/aromatic N) is 1. The highest BCUT2D eigenvalue weighted by Gasteiger charge is 2.34. The van der Waals surface area contributed by atoms with Crippen molar-refractivity contribution in [3.8, 4) is 11.5 Å². The van der Waals surface area contributed by atoms with E-state index < -0.39 is 17.9 Å². The first-order valence-electron chi connectivity index (χ1n) is 13.0. The van der Waals surface area contributed by atoms with E-state index >= 15 is 0 Å². The highest BCUT2D eigenvalue weighted by Crippen LogP contribution is 2.19. The molecule has 2 N–H and O–H groups in total. The molecule has 1 aliphatic rings. The average molecular weight is 562 g/mol. The molecule has 3 aromatic carbocycles. The molecule has 0 saturated carbocycles. The van der Waals surface area contributed by atoms with Crippen LogP contribution in [0.1, 0.15) is 22.3 Å². The van der Waals surface area contributed by atoms with Crippen LogP contribution in [0, 0.1) is 0 Å². The van der Waals surface area contributed by atoms with E-state index in [1.54, 1.807) is 29.2 Å². The number of carbonyl (C=O) groups excluding carboxylic acids is 3. The number of para-hydroxylation sites is 2. The summed E-state index contributed by atoms with van der Waals surface area (Å²) in [6, 6.07) is 24.9. The molecule has 10 heteroatoms. The van der Waals surface area contributed by atoms with E-state index in [1.165, 1.54) is 0 Å². The monoisotopic (exact) mass is 561 g/mol. The Labute approximate surface area is 238 Å². The fraction of sp³-hybridized carbons (Fsp3) is 0.267. The summed E-state index contributed by atoms with van der Waals surface area (Å²) >= 11 is 5.49. The first-order valence-corrected chi connectivity index (χ1v) is 13.4. The van der Waals surface area contributed by atoms with Crippen LogP contribution in [0.25, 0.3) is 0 Å². The lowest BCUT2D eigenvalue weighted by Crippen LogP contribution is -2.60. The highest BCUT2D eigenvalue weighted by atomic mass is 32.1. The fourth-order valence-corrected chi connectivity index (χ4v) is 4.46. The van der Waals surface area contributed by atoms with Crippen LogP contribution in [0.15, 0.2) is 84.9 Å². The zero-order valence-corrected chi connectivity index (χ0v) is 22.7. The number of benzene rings is 3. The largest absolute Gasteiger partial charge is 0.490 e. The van der Waals surface area contributed by atoms with Crippen LogP contribution in [-0.4, -0.2) is 66.7 Å². The van der Waals surface area contributed by atoms with Gasteiger partial charge in [0.05, 0.1) is 18.6 Å². The summed E-state index contributed by atoms with van der Waals surface area (Å²) in [6.07, 6.45) is 0.374. The molecule has 9 nitrogen and oxygen atoms in total. The predicted octanol–water partition coefficient (Wildman–Crippen LogP) is 3.14. The Morgan fingerprint density at radius 3 is 2.35 bits per heavy atom. The van der Waals surface area contributed by atoms with Crippen molar-refractivity contribution >= 4 is 35.1 Å². The van der Waals surface area contributed by atoms with Gasteiger partial charge in [0.25, 0.3) is 5.91 Å². The third-order valence-electron chi connectivity index (χ3n) is 6.15. The molecule has 1 unspecified atom stereocenters. The van der Waals surface area contributed by atoms with Crippen molar-refractivity contribution in [3.63, 3.8) is 0 Å². The number of ether oxygens (including phenoxy) is 3. The molecular formula is C30H31N3O6S. The maximum absolute atomic E-state index is 13.1. The number of carbonyl (C=O) groups is 3. The normalized spacial score (nSPS) is 14.6. The number of amides is 2. The molecule has 3 aromatic rings. The number of rotatable bonds is 11. The SMILES string of the molecule is O=C(CC1C(=O)NCCN1C(=S)NC(=O)c1ccccc1OCCOc1ccccc1)OCCc1ccccc1. The lowest BCUT2D eigenvalue weighted by molar-refractivity contribution is -0.147. The van der Waals surface area contributed by atoms with Gasteiger partial charge in [-0.3, -0.25) is 19.7 Å². The van der Waals surface area contributed by atoms with Crippen molar-refractivity contribution in [1.29, 1.82) is 0 Å². The lowest BCUT2D eigenvalue weighted by atomic mass is 10.1. The lowest BCUT2D eigenvalue weighted by Gasteiger charge is -2.36. The Morgan fingerprint density at radius 1 is 0.900 bits per heavy atom. The van der Waals surface area contributed by atoms with Crippen LogP contribution in [0.2, 0.25) is 0 Å². The molecule has 0 bridgehead atoms. The minimum Gasteiger partial charge on any atom is -0.490 e. The summed E-state index contributed by atoms with van der Waals surface area (Å²) in [5.41, 5.74) is 1.33. The van der Waals surface area contributed by atoms with Gasteiger partial charge in [0, 0.05) is 19.5 Å². The minimum atomic E-state index is -0.896. The molecule has 1 atom stereocenters. The Kier molecular flexibility index (Phi) is 10.5. The number of nitrogens with one attached hydrogen (secondary N) is 2. The van der Waals surface area contributed by atoms with E-state index in [0.717, 1.165) is 11.3 Å². The van der Waals surface area contributed by atoms with Crippen molar-refractivity contribution in [3.05, 3.63) is 96.1 Å². The van der Waals surface area contributed by atoms with Gasteiger partial charge in [-0.2, -0.15) is 0 Å². The molecule has 1 saturated heterocycles. The molecule has 208 valence electrons. The molecule has 0 aliphatic carbocycles. The maximum atomic E-state index is 13.1. The quantitative estimate of drug-likeness (QED) is 0.209. The van der Waals surface area contributed by atoms with Gasteiger partial charge in [-0.1, -0.05) is 60.7 Å². The molecule has 0 radical (unpaired) electrons. The molecular weight excluding hydrogens is 530 g/mol. The Hall–Kier alpha value is -4.44. The molecule has 40 heavy (non-hydrogen) atoms. The van der Waals surface area contributed by atoms with Gasteiger partial charge < -0.3 is 24.4 Å². The molecule has 0 aromatic heterocycles. The van der Waals surface area contributed by atoms with Crippen LogP contribution in [0.5, 0.6) is 11.5 Å². The van der Waals surface area contributed by atoms with Crippen molar-refractivity contribution in [2.24, 2.45) is 0 Å². The number of piperazine rings is 1. The first-order chi connectivity index (χ1) is 19.5. The van der Waals surface area contributed by atoms with Crippen LogP contribution in [0.3, 0.4) is 0 Å². The smallest absolute Gasteiger partial charge is 0.308 e. The first kappa shape index (κ1) is 28.6. The predicted molar refractivity (Wildman–Crippen MR) is 153 cm³/mol. The minimum absolute atomic E-state index is 0.0455. The Morgan fingerprint density at radius 2 is 1.57 bits per heavy atom. The molecule has 1 aliphatic heterocycles. The fourth-order valence-electron chi connectivity index (χ4n) is 4.15. The number of thiocarbonyl (C=S) groups is 1. The zero-order valence-electron chi connectivity index (χ0n) is 21.9. The second-order valence-corrected chi connectivity index (χ2v) is 9.31. The summed E-state index contributed by atoms with van der Waals surface area (Å²) in [6.45, 7) is 1.39. The van der Waals surface area contributed by atoms with E-state index in [-0.39, 0.29) is 36.2 Å². The van der Waals surface area contributed by atoms with Crippen molar-refractivity contribution in [2.45, 2.75) is 18.9 Å². The van der Waals surface area contributed by atoms with Gasteiger partial charge in [0.2, 0.25) is 5.91 Å². The van der Waals surface area contributed by atoms with Crippen LogP contribution < -0.4 is 20.1 Å². The second kappa shape index (κ2) is 14.6. The summed E-state index contributed by atoms with van der Waals surface area (Å²) in [4.78, 5) is 39.8. The van der Waals surface area contributed by atoms with Crippen LogP contribution >= 0.6 is 12.2 Å². The van der Waals surface area contributed by atoms with Crippen LogP contribution in [-0.2, 0) is 20.7 Å².